The third kappa shape index (κ3) is 2.46. The van der Waals surface area contributed by atoms with Gasteiger partial charge in [-0.15, -0.1) is 0 Å². The maximum Gasteiger partial charge on any atom is 0.326 e. The fourth-order valence-electron chi connectivity index (χ4n) is 4.45. The van der Waals surface area contributed by atoms with Crippen LogP contribution in [-0.4, -0.2) is 43.9 Å². The van der Waals surface area contributed by atoms with Crippen molar-refractivity contribution in [2.45, 2.75) is 50.6 Å². The summed E-state index contributed by atoms with van der Waals surface area (Å²) in [5, 5.41) is 10.5. The number of pyridine rings is 1. The zero-order valence-corrected chi connectivity index (χ0v) is 13.4. The summed E-state index contributed by atoms with van der Waals surface area (Å²) in [6, 6.07) is 3.20. The second-order valence-electron chi connectivity index (χ2n) is 6.89. The minimum Gasteiger partial charge on any atom is -0.480 e. The van der Waals surface area contributed by atoms with Gasteiger partial charge in [-0.2, -0.15) is 0 Å². The van der Waals surface area contributed by atoms with Crippen molar-refractivity contribution >= 4 is 22.9 Å². The highest BCUT2D eigenvalue weighted by molar-refractivity contribution is 5.90. The van der Waals surface area contributed by atoms with Gasteiger partial charge in [0, 0.05) is 23.8 Å². The zero-order chi connectivity index (χ0) is 16.7. The number of carboxylic acid groups (broad SMARTS) is 1. The summed E-state index contributed by atoms with van der Waals surface area (Å²) in [6.07, 6.45) is 8.51. The van der Waals surface area contributed by atoms with Crippen molar-refractivity contribution < 1.29 is 14.7 Å². The molecular formula is C18H21N3O3. The van der Waals surface area contributed by atoms with Crippen molar-refractivity contribution in [3.8, 4) is 0 Å². The number of aliphatic carboxylic acids is 1. The van der Waals surface area contributed by atoms with Crippen LogP contribution in [0, 0.1) is 5.92 Å². The molecule has 6 nitrogen and oxygen atoms in total. The van der Waals surface area contributed by atoms with Crippen molar-refractivity contribution in [1.29, 1.82) is 0 Å². The van der Waals surface area contributed by atoms with Crippen LogP contribution in [0.15, 0.2) is 24.5 Å². The molecule has 2 N–H and O–H groups in total. The van der Waals surface area contributed by atoms with Crippen LogP contribution >= 0.6 is 0 Å². The molecule has 1 aliphatic heterocycles. The Labute approximate surface area is 139 Å². The molecule has 6 heteroatoms. The number of amides is 1. The van der Waals surface area contributed by atoms with Crippen LogP contribution in [0.3, 0.4) is 0 Å². The molecular weight excluding hydrogens is 306 g/mol. The summed E-state index contributed by atoms with van der Waals surface area (Å²) in [5.74, 6) is -0.617. The van der Waals surface area contributed by atoms with Gasteiger partial charge in [-0.05, 0) is 42.9 Å². The normalized spacial score (nSPS) is 26.5. The number of aromatic nitrogens is 2. The molecule has 24 heavy (non-hydrogen) atoms. The standard InChI is InChI=1S/C18H21N3O3/c22-16(9-12-10-20-17-13(12)5-3-7-19-17)21-14-6-2-1-4-11(14)8-15(21)18(23)24/h3,5,7,10-11,14-15H,1-2,4,6,8-9H2,(H,19,20)(H,23,24). The number of nitrogens with zero attached hydrogens (tertiary/aromatic N) is 2. The first-order valence-electron chi connectivity index (χ1n) is 8.60. The highest BCUT2D eigenvalue weighted by Crippen LogP contribution is 2.40. The van der Waals surface area contributed by atoms with Crippen molar-refractivity contribution in [2.75, 3.05) is 0 Å². The van der Waals surface area contributed by atoms with Gasteiger partial charge in [0.25, 0.3) is 0 Å². The van der Waals surface area contributed by atoms with E-state index in [1.807, 2.05) is 12.1 Å². The summed E-state index contributed by atoms with van der Waals surface area (Å²) >= 11 is 0. The van der Waals surface area contributed by atoms with E-state index in [9.17, 15) is 14.7 Å². The van der Waals surface area contributed by atoms with Gasteiger partial charge >= 0.3 is 5.97 Å². The first-order valence-corrected chi connectivity index (χ1v) is 8.60. The highest BCUT2D eigenvalue weighted by Gasteiger charge is 2.47. The zero-order valence-electron chi connectivity index (χ0n) is 13.4. The van der Waals surface area contributed by atoms with Crippen LogP contribution < -0.4 is 0 Å². The third-order valence-electron chi connectivity index (χ3n) is 5.54. The Balaban J connectivity index is 1.60. The Kier molecular flexibility index (Phi) is 3.75. The number of likely N-dealkylation sites (tertiary alicyclic amines) is 1. The lowest BCUT2D eigenvalue weighted by molar-refractivity contribution is -0.149. The maximum atomic E-state index is 13.0. The van der Waals surface area contributed by atoms with Crippen LogP contribution in [0.4, 0.5) is 0 Å². The first kappa shape index (κ1) is 15.2. The van der Waals surface area contributed by atoms with Gasteiger partial charge in [0.05, 0.1) is 6.42 Å². The number of carbonyl (C=O) groups excluding carboxylic acids is 1. The van der Waals surface area contributed by atoms with E-state index in [2.05, 4.69) is 9.97 Å². The van der Waals surface area contributed by atoms with Gasteiger partial charge in [0.15, 0.2) is 0 Å². The number of rotatable bonds is 3. The fourth-order valence-corrected chi connectivity index (χ4v) is 4.45. The molecule has 0 bridgehead atoms. The second kappa shape index (κ2) is 5.92. The number of carbonyl (C=O) groups is 2. The molecule has 3 unspecified atom stereocenters. The summed E-state index contributed by atoms with van der Waals surface area (Å²) < 4.78 is 0. The van der Waals surface area contributed by atoms with Crippen LogP contribution in [0.1, 0.15) is 37.7 Å². The monoisotopic (exact) mass is 327 g/mol. The molecule has 3 atom stereocenters. The number of aromatic amines is 1. The molecule has 1 saturated heterocycles. The van der Waals surface area contributed by atoms with E-state index in [4.69, 9.17) is 0 Å². The van der Waals surface area contributed by atoms with Crippen LogP contribution in [0.5, 0.6) is 0 Å². The lowest BCUT2D eigenvalue weighted by atomic mass is 9.84. The smallest absolute Gasteiger partial charge is 0.326 e. The summed E-state index contributed by atoms with van der Waals surface area (Å²) in [5.41, 5.74) is 1.64. The molecule has 2 aromatic rings. The summed E-state index contributed by atoms with van der Waals surface area (Å²) in [6.45, 7) is 0. The number of hydrogen-bond donors (Lipinski definition) is 2. The largest absolute Gasteiger partial charge is 0.480 e. The van der Waals surface area contributed by atoms with Crippen LogP contribution in [0.2, 0.25) is 0 Å². The molecule has 0 radical (unpaired) electrons. The Hall–Kier alpha value is -2.37. The number of H-pyrrole nitrogens is 1. The predicted molar refractivity (Wildman–Crippen MR) is 88.4 cm³/mol. The van der Waals surface area contributed by atoms with E-state index in [0.717, 1.165) is 42.3 Å². The number of carboxylic acids is 1. The van der Waals surface area contributed by atoms with Gasteiger partial charge in [-0.3, -0.25) is 4.79 Å². The van der Waals surface area contributed by atoms with Crippen LogP contribution in [0.25, 0.3) is 11.0 Å². The summed E-state index contributed by atoms with van der Waals surface area (Å²) in [4.78, 5) is 33.6. The van der Waals surface area contributed by atoms with Crippen molar-refractivity contribution in [3.05, 3.63) is 30.1 Å². The SMILES string of the molecule is O=C(O)C1CC2CCCCC2N1C(=O)Cc1c[nH]c2ncccc12. The Morgan fingerprint density at radius 1 is 1.33 bits per heavy atom. The predicted octanol–water partition coefficient (Wildman–Crippen LogP) is 2.35. The molecule has 1 aliphatic carbocycles. The number of fused-ring (bicyclic) bond motifs is 2. The van der Waals surface area contributed by atoms with Gasteiger partial charge in [0.1, 0.15) is 11.7 Å². The van der Waals surface area contributed by atoms with Crippen molar-refractivity contribution in [2.24, 2.45) is 5.92 Å². The molecule has 3 heterocycles. The van der Waals surface area contributed by atoms with Crippen molar-refractivity contribution in [3.63, 3.8) is 0 Å². The third-order valence-corrected chi connectivity index (χ3v) is 5.54. The molecule has 1 amide bonds. The van der Waals surface area contributed by atoms with E-state index in [1.54, 1.807) is 17.3 Å². The van der Waals surface area contributed by atoms with Gasteiger partial charge in [-0.1, -0.05) is 12.8 Å². The molecule has 0 spiro atoms. The molecule has 4 rings (SSSR count). The molecule has 0 aromatic carbocycles. The average Bonchev–Trinajstić information content (AvgIpc) is 3.16. The molecule has 2 aliphatic rings. The van der Waals surface area contributed by atoms with Crippen molar-refractivity contribution in [1.82, 2.24) is 14.9 Å². The molecule has 1 saturated carbocycles. The Morgan fingerprint density at radius 3 is 3.00 bits per heavy atom. The molecule has 2 aromatic heterocycles. The highest BCUT2D eigenvalue weighted by atomic mass is 16.4. The first-order chi connectivity index (χ1) is 11.6. The quantitative estimate of drug-likeness (QED) is 0.906. The van der Waals surface area contributed by atoms with E-state index in [1.165, 1.54) is 0 Å². The van der Waals surface area contributed by atoms with Gasteiger partial charge in [-0.25, -0.2) is 9.78 Å². The lowest BCUT2D eigenvalue weighted by Gasteiger charge is -2.33. The Morgan fingerprint density at radius 2 is 2.17 bits per heavy atom. The minimum atomic E-state index is -0.877. The Bertz CT molecular complexity index is 785. The average molecular weight is 327 g/mol. The van der Waals surface area contributed by atoms with Gasteiger partial charge < -0.3 is 15.0 Å². The van der Waals surface area contributed by atoms with Crippen LogP contribution in [-0.2, 0) is 16.0 Å². The minimum absolute atomic E-state index is 0.0819. The van der Waals surface area contributed by atoms with Gasteiger partial charge in [0.2, 0.25) is 5.91 Å². The second-order valence-corrected chi connectivity index (χ2v) is 6.89. The number of nitrogens with one attached hydrogen (secondary N) is 1. The lowest BCUT2D eigenvalue weighted by Crippen LogP contribution is -2.46. The van der Waals surface area contributed by atoms with E-state index in [0.29, 0.717) is 12.3 Å². The van der Waals surface area contributed by atoms with E-state index >= 15 is 0 Å². The van der Waals surface area contributed by atoms with E-state index < -0.39 is 12.0 Å². The molecule has 126 valence electrons. The van der Waals surface area contributed by atoms with E-state index in [-0.39, 0.29) is 18.4 Å². The number of hydrogen-bond acceptors (Lipinski definition) is 3. The molecule has 2 fully saturated rings. The topological polar surface area (TPSA) is 86.3 Å². The maximum absolute atomic E-state index is 13.0. The summed E-state index contributed by atoms with van der Waals surface area (Å²) in [7, 11) is 0. The fraction of sp³-hybridized carbons (Fsp3) is 0.500.